The van der Waals surface area contributed by atoms with E-state index < -0.39 is 5.82 Å². The standard InChI is InChI=1S/C17H14FNO3S/c18-14-3-1-2-4-16(14)21-10-17(20)19-9-13-5-6-15(22-13)12-7-8-23-11-12/h1-8,11H,9-10H2,(H,19,20). The minimum atomic E-state index is -0.494. The van der Waals surface area contributed by atoms with Crippen molar-refractivity contribution in [1.82, 2.24) is 5.32 Å². The van der Waals surface area contributed by atoms with Gasteiger partial charge in [0.15, 0.2) is 18.2 Å². The fraction of sp³-hybridized carbons (Fsp3) is 0.118. The predicted molar refractivity (Wildman–Crippen MR) is 85.8 cm³/mol. The number of para-hydroxylation sites is 1. The highest BCUT2D eigenvalue weighted by Gasteiger charge is 2.08. The van der Waals surface area contributed by atoms with Crippen LogP contribution < -0.4 is 10.1 Å². The summed E-state index contributed by atoms with van der Waals surface area (Å²) < 4.78 is 24.1. The molecular weight excluding hydrogens is 317 g/mol. The number of amides is 1. The first-order chi connectivity index (χ1) is 11.2. The molecule has 0 bridgehead atoms. The molecular formula is C17H14FNO3S. The number of halogens is 1. The van der Waals surface area contributed by atoms with Crippen LogP contribution in [0, 0.1) is 5.82 Å². The van der Waals surface area contributed by atoms with Crippen LogP contribution in [-0.2, 0) is 11.3 Å². The third-order valence-electron chi connectivity index (χ3n) is 3.12. The molecule has 0 saturated carbocycles. The molecule has 1 aromatic carbocycles. The van der Waals surface area contributed by atoms with Gasteiger partial charge in [0.05, 0.1) is 6.54 Å². The monoisotopic (exact) mass is 331 g/mol. The Morgan fingerprint density at radius 3 is 2.87 bits per heavy atom. The summed E-state index contributed by atoms with van der Waals surface area (Å²) >= 11 is 1.59. The van der Waals surface area contributed by atoms with Crippen LogP contribution in [-0.4, -0.2) is 12.5 Å². The number of benzene rings is 1. The van der Waals surface area contributed by atoms with E-state index in [0.717, 1.165) is 11.3 Å². The minimum absolute atomic E-state index is 0.0559. The summed E-state index contributed by atoms with van der Waals surface area (Å²) in [7, 11) is 0. The van der Waals surface area contributed by atoms with Crippen molar-refractivity contribution in [2.45, 2.75) is 6.54 Å². The molecule has 0 unspecified atom stereocenters. The van der Waals surface area contributed by atoms with Crippen LogP contribution in [0.4, 0.5) is 4.39 Å². The second-order valence-electron chi connectivity index (χ2n) is 4.77. The van der Waals surface area contributed by atoms with E-state index >= 15 is 0 Å². The molecule has 3 rings (SSSR count). The zero-order valence-corrected chi connectivity index (χ0v) is 12.9. The first kappa shape index (κ1) is 15.3. The predicted octanol–water partition coefficient (Wildman–Crippen LogP) is 3.84. The van der Waals surface area contributed by atoms with Crippen molar-refractivity contribution >= 4 is 17.2 Å². The number of hydrogen-bond donors (Lipinski definition) is 1. The van der Waals surface area contributed by atoms with E-state index in [1.807, 2.05) is 29.0 Å². The maximum absolute atomic E-state index is 13.4. The van der Waals surface area contributed by atoms with Gasteiger partial charge in [0, 0.05) is 10.9 Å². The smallest absolute Gasteiger partial charge is 0.258 e. The van der Waals surface area contributed by atoms with Gasteiger partial charge in [-0.05, 0) is 35.7 Å². The third kappa shape index (κ3) is 3.98. The maximum Gasteiger partial charge on any atom is 0.258 e. The van der Waals surface area contributed by atoms with Crippen LogP contribution >= 0.6 is 11.3 Å². The van der Waals surface area contributed by atoms with Crippen molar-refractivity contribution in [3.63, 3.8) is 0 Å². The molecule has 0 atom stereocenters. The Morgan fingerprint density at radius 2 is 2.09 bits per heavy atom. The highest BCUT2D eigenvalue weighted by molar-refractivity contribution is 7.08. The maximum atomic E-state index is 13.4. The molecule has 0 aliphatic heterocycles. The van der Waals surface area contributed by atoms with Crippen molar-refractivity contribution in [2.75, 3.05) is 6.61 Å². The highest BCUT2D eigenvalue weighted by atomic mass is 32.1. The van der Waals surface area contributed by atoms with Crippen LogP contribution in [0.1, 0.15) is 5.76 Å². The summed E-state index contributed by atoms with van der Waals surface area (Å²) in [6, 6.07) is 11.6. The van der Waals surface area contributed by atoms with Gasteiger partial charge in [0.25, 0.3) is 5.91 Å². The number of carbonyl (C=O) groups is 1. The fourth-order valence-electron chi connectivity index (χ4n) is 1.97. The van der Waals surface area contributed by atoms with Crippen molar-refractivity contribution in [3.8, 4) is 17.1 Å². The van der Waals surface area contributed by atoms with E-state index in [0.29, 0.717) is 5.76 Å². The van der Waals surface area contributed by atoms with Crippen molar-refractivity contribution in [2.24, 2.45) is 0 Å². The Hall–Kier alpha value is -2.60. The molecule has 2 aromatic heterocycles. The van der Waals surface area contributed by atoms with E-state index in [2.05, 4.69) is 5.32 Å². The second kappa shape index (κ2) is 7.11. The van der Waals surface area contributed by atoms with Crippen molar-refractivity contribution < 1.29 is 18.3 Å². The van der Waals surface area contributed by atoms with Gasteiger partial charge in [-0.15, -0.1) is 0 Å². The average molecular weight is 331 g/mol. The molecule has 1 amide bonds. The van der Waals surface area contributed by atoms with Crippen LogP contribution in [0.5, 0.6) is 5.75 Å². The summed E-state index contributed by atoms with van der Waals surface area (Å²) in [6.45, 7) is 0.00261. The van der Waals surface area contributed by atoms with E-state index in [4.69, 9.17) is 9.15 Å². The number of carbonyl (C=O) groups excluding carboxylic acids is 1. The lowest BCUT2D eigenvalue weighted by atomic mass is 10.3. The number of rotatable bonds is 6. The fourth-order valence-corrected chi connectivity index (χ4v) is 2.62. The van der Waals surface area contributed by atoms with Crippen LogP contribution in [0.25, 0.3) is 11.3 Å². The van der Waals surface area contributed by atoms with Crippen molar-refractivity contribution in [3.05, 3.63) is 64.8 Å². The lowest BCUT2D eigenvalue weighted by molar-refractivity contribution is -0.123. The van der Waals surface area contributed by atoms with E-state index in [1.165, 1.54) is 12.1 Å². The number of ether oxygens (including phenoxy) is 1. The summed E-state index contributed by atoms with van der Waals surface area (Å²) in [4.78, 5) is 11.7. The lowest BCUT2D eigenvalue weighted by Gasteiger charge is -2.07. The largest absolute Gasteiger partial charge is 0.481 e. The molecule has 0 aliphatic rings. The van der Waals surface area contributed by atoms with Crippen LogP contribution in [0.2, 0.25) is 0 Å². The third-order valence-corrected chi connectivity index (χ3v) is 3.81. The molecule has 0 aliphatic carbocycles. The molecule has 1 N–H and O–H groups in total. The average Bonchev–Trinajstić information content (AvgIpc) is 3.23. The summed E-state index contributed by atoms with van der Waals surface area (Å²) in [6.07, 6.45) is 0. The van der Waals surface area contributed by atoms with Gasteiger partial charge in [-0.3, -0.25) is 4.79 Å². The van der Waals surface area contributed by atoms with Gasteiger partial charge in [-0.2, -0.15) is 11.3 Å². The van der Waals surface area contributed by atoms with Gasteiger partial charge < -0.3 is 14.5 Å². The number of nitrogens with one attached hydrogen (secondary N) is 1. The second-order valence-corrected chi connectivity index (χ2v) is 5.55. The van der Waals surface area contributed by atoms with Gasteiger partial charge in [0.1, 0.15) is 11.5 Å². The minimum Gasteiger partial charge on any atom is -0.481 e. The lowest BCUT2D eigenvalue weighted by Crippen LogP contribution is -2.28. The normalized spacial score (nSPS) is 10.5. The first-order valence-electron chi connectivity index (χ1n) is 6.97. The highest BCUT2D eigenvalue weighted by Crippen LogP contribution is 2.24. The molecule has 118 valence electrons. The Balaban J connectivity index is 1.49. The molecule has 0 radical (unpaired) electrons. The zero-order valence-electron chi connectivity index (χ0n) is 12.1. The molecule has 4 nitrogen and oxygen atoms in total. The molecule has 0 saturated heterocycles. The zero-order chi connectivity index (χ0) is 16.1. The molecule has 2 heterocycles. The Bertz CT molecular complexity index is 783. The molecule has 3 aromatic rings. The molecule has 0 fully saturated rings. The van der Waals surface area contributed by atoms with Gasteiger partial charge in [0.2, 0.25) is 0 Å². The summed E-state index contributed by atoms with van der Waals surface area (Å²) in [5, 5.41) is 6.63. The topological polar surface area (TPSA) is 51.5 Å². The summed E-state index contributed by atoms with van der Waals surface area (Å²) in [5.41, 5.74) is 1.01. The Kier molecular flexibility index (Phi) is 4.73. The van der Waals surface area contributed by atoms with E-state index in [1.54, 1.807) is 23.5 Å². The van der Waals surface area contributed by atoms with Crippen molar-refractivity contribution in [1.29, 1.82) is 0 Å². The Labute approximate surface area is 136 Å². The van der Waals surface area contributed by atoms with Gasteiger partial charge >= 0.3 is 0 Å². The quantitative estimate of drug-likeness (QED) is 0.746. The van der Waals surface area contributed by atoms with Gasteiger partial charge in [-0.25, -0.2) is 4.39 Å². The SMILES string of the molecule is O=C(COc1ccccc1F)NCc1ccc(-c2ccsc2)o1. The van der Waals surface area contributed by atoms with Gasteiger partial charge in [-0.1, -0.05) is 12.1 Å². The number of thiophene rings is 1. The number of furan rings is 1. The van der Waals surface area contributed by atoms with Crippen LogP contribution in [0.3, 0.4) is 0 Å². The Morgan fingerprint density at radius 1 is 1.22 bits per heavy atom. The molecule has 0 spiro atoms. The number of hydrogen-bond acceptors (Lipinski definition) is 4. The molecule has 6 heteroatoms. The summed E-state index contributed by atoms with van der Waals surface area (Å²) in [5.74, 6) is 0.623. The first-order valence-corrected chi connectivity index (χ1v) is 7.92. The van der Waals surface area contributed by atoms with E-state index in [9.17, 15) is 9.18 Å². The van der Waals surface area contributed by atoms with Crippen LogP contribution in [0.15, 0.2) is 57.6 Å². The molecule has 23 heavy (non-hydrogen) atoms. The van der Waals surface area contributed by atoms with E-state index in [-0.39, 0.29) is 24.8 Å².